The number of hydrogen-bond donors (Lipinski definition) is 2. The van der Waals surface area contributed by atoms with Gasteiger partial charge in [-0.1, -0.05) is 19.1 Å². The fourth-order valence-corrected chi connectivity index (χ4v) is 1.18. The number of halogens is 3. The standard InChI is InChI=1S/C11H13F3N2O/c1-2-8-3-5-9(6-4-8)16-10(17)15-7-11(12,13)14/h3-6H,2,7H2,1H3,(H2,15,16,17). The topological polar surface area (TPSA) is 41.1 Å². The number of urea groups is 1. The van der Waals surface area contributed by atoms with Crippen LogP contribution in [0.5, 0.6) is 0 Å². The van der Waals surface area contributed by atoms with Crippen molar-refractivity contribution in [3.05, 3.63) is 29.8 Å². The molecule has 0 radical (unpaired) electrons. The average Bonchev–Trinajstić information content (AvgIpc) is 2.27. The van der Waals surface area contributed by atoms with E-state index >= 15 is 0 Å². The van der Waals surface area contributed by atoms with Crippen LogP contribution in [0.25, 0.3) is 0 Å². The number of anilines is 1. The quantitative estimate of drug-likeness (QED) is 0.845. The zero-order valence-electron chi connectivity index (χ0n) is 9.27. The SMILES string of the molecule is CCc1ccc(NC(=O)NCC(F)(F)F)cc1. The molecule has 17 heavy (non-hydrogen) atoms. The van der Waals surface area contributed by atoms with Gasteiger partial charge in [0.15, 0.2) is 0 Å². The molecule has 1 aromatic rings. The van der Waals surface area contributed by atoms with Crippen molar-refractivity contribution in [1.82, 2.24) is 5.32 Å². The molecular formula is C11H13F3N2O. The highest BCUT2D eigenvalue weighted by Gasteiger charge is 2.27. The van der Waals surface area contributed by atoms with Crippen molar-refractivity contribution in [3.8, 4) is 0 Å². The Labute approximate surface area is 97.0 Å². The molecule has 3 nitrogen and oxygen atoms in total. The third-order valence-corrected chi connectivity index (χ3v) is 2.07. The fourth-order valence-electron chi connectivity index (χ4n) is 1.18. The highest BCUT2D eigenvalue weighted by atomic mass is 19.4. The molecule has 0 saturated carbocycles. The summed E-state index contributed by atoms with van der Waals surface area (Å²) in [5.74, 6) is 0. The van der Waals surface area contributed by atoms with E-state index in [2.05, 4.69) is 5.32 Å². The summed E-state index contributed by atoms with van der Waals surface area (Å²) in [5.41, 5.74) is 1.55. The molecule has 0 aliphatic heterocycles. The second-order valence-corrected chi connectivity index (χ2v) is 3.47. The lowest BCUT2D eigenvalue weighted by Crippen LogP contribution is -2.36. The lowest BCUT2D eigenvalue weighted by molar-refractivity contribution is -0.122. The van der Waals surface area contributed by atoms with Crippen LogP contribution in [-0.4, -0.2) is 18.8 Å². The van der Waals surface area contributed by atoms with Crippen LogP contribution in [0.3, 0.4) is 0 Å². The molecule has 6 heteroatoms. The first kappa shape index (κ1) is 13.3. The predicted octanol–water partition coefficient (Wildman–Crippen LogP) is 2.93. The lowest BCUT2D eigenvalue weighted by Gasteiger charge is -2.09. The summed E-state index contributed by atoms with van der Waals surface area (Å²) in [6.07, 6.45) is -3.54. The maximum atomic E-state index is 11.8. The van der Waals surface area contributed by atoms with Crippen molar-refractivity contribution in [2.24, 2.45) is 0 Å². The Morgan fingerprint density at radius 1 is 1.24 bits per heavy atom. The van der Waals surface area contributed by atoms with Crippen LogP contribution in [0.1, 0.15) is 12.5 Å². The first-order valence-corrected chi connectivity index (χ1v) is 5.11. The molecule has 0 saturated heterocycles. The predicted molar refractivity (Wildman–Crippen MR) is 58.9 cm³/mol. The normalized spacial score (nSPS) is 11.1. The van der Waals surface area contributed by atoms with Crippen molar-refractivity contribution in [2.45, 2.75) is 19.5 Å². The van der Waals surface area contributed by atoms with Gasteiger partial charge in [0, 0.05) is 5.69 Å². The van der Waals surface area contributed by atoms with Crippen LogP contribution in [0.15, 0.2) is 24.3 Å². The molecular weight excluding hydrogens is 233 g/mol. The number of alkyl halides is 3. The molecule has 2 N–H and O–H groups in total. The minimum absolute atomic E-state index is 0.460. The Balaban J connectivity index is 2.45. The van der Waals surface area contributed by atoms with Crippen LogP contribution >= 0.6 is 0 Å². The molecule has 1 rings (SSSR count). The molecule has 0 aromatic heterocycles. The molecule has 0 aliphatic carbocycles. The van der Waals surface area contributed by atoms with Crippen LogP contribution in [0.2, 0.25) is 0 Å². The molecule has 0 bridgehead atoms. The largest absolute Gasteiger partial charge is 0.405 e. The van der Waals surface area contributed by atoms with Crippen molar-refractivity contribution in [3.63, 3.8) is 0 Å². The molecule has 2 amide bonds. The van der Waals surface area contributed by atoms with Gasteiger partial charge < -0.3 is 10.6 Å². The zero-order valence-corrected chi connectivity index (χ0v) is 9.27. The lowest BCUT2D eigenvalue weighted by atomic mass is 10.1. The minimum atomic E-state index is -4.40. The highest BCUT2D eigenvalue weighted by Crippen LogP contribution is 2.13. The summed E-state index contributed by atoms with van der Waals surface area (Å²) < 4.78 is 35.4. The molecule has 0 unspecified atom stereocenters. The Morgan fingerprint density at radius 2 is 1.82 bits per heavy atom. The van der Waals surface area contributed by atoms with E-state index < -0.39 is 18.8 Å². The van der Waals surface area contributed by atoms with Crippen LogP contribution in [0.4, 0.5) is 23.7 Å². The number of carbonyl (C=O) groups is 1. The van der Waals surface area contributed by atoms with Gasteiger partial charge in [-0.25, -0.2) is 4.79 Å². The Bertz CT molecular complexity index is 373. The number of rotatable bonds is 3. The summed E-state index contributed by atoms with van der Waals surface area (Å²) in [4.78, 5) is 11.1. The van der Waals surface area contributed by atoms with Crippen molar-refractivity contribution in [1.29, 1.82) is 0 Å². The maximum absolute atomic E-state index is 11.8. The van der Waals surface area contributed by atoms with E-state index in [9.17, 15) is 18.0 Å². The number of amides is 2. The summed E-state index contributed by atoms with van der Waals surface area (Å²) >= 11 is 0. The first-order valence-electron chi connectivity index (χ1n) is 5.11. The van der Waals surface area contributed by atoms with Gasteiger partial charge in [-0.05, 0) is 24.1 Å². The Morgan fingerprint density at radius 3 is 2.29 bits per heavy atom. The molecule has 0 atom stereocenters. The van der Waals surface area contributed by atoms with Crippen LogP contribution in [-0.2, 0) is 6.42 Å². The fraction of sp³-hybridized carbons (Fsp3) is 0.364. The maximum Gasteiger partial charge on any atom is 0.405 e. The van der Waals surface area contributed by atoms with Gasteiger partial charge in [0.05, 0.1) is 0 Å². The number of hydrogen-bond acceptors (Lipinski definition) is 1. The highest BCUT2D eigenvalue weighted by molar-refractivity contribution is 5.89. The van der Waals surface area contributed by atoms with E-state index in [0.717, 1.165) is 12.0 Å². The number of carbonyl (C=O) groups excluding carboxylic acids is 1. The minimum Gasteiger partial charge on any atom is -0.329 e. The average molecular weight is 246 g/mol. The molecule has 0 aliphatic rings. The van der Waals surface area contributed by atoms with E-state index in [4.69, 9.17) is 0 Å². The summed E-state index contributed by atoms with van der Waals surface area (Å²) in [6, 6.07) is 6.03. The van der Waals surface area contributed by atoms with Gasteiger partial charge >= 0.3 is 12.2 Å². The molecule has 0 spiro atoms. The molecule has 0 heterocycles. The van der Waals surface area contributed by atoms with Gasteiger partial charge in [-0.15, -0.1) is 0 Å². The molecule has 94 valence electrons. The van der Waals surface area contributed by atoms with Crippen molar-refractivity contribution >= 4 is 11.7 Å². The van der Waals surface area contributed by atoms with Crippen LogP contribution < -0.4 is 10.6 Å². The monoisotopic (exact) mass is 246 g/mol. The van der Waals surface area contributed by atoms with Gasteiger partial charge in [0.25, 0.3) is 0 Å². The van der Waals surface area contributed by atoms with E-state index in [-0.39, 0.29) is 0 Å². The number of benzene rings is 1. The van der Waals surface area contributed by atoms with E-state index in [1.54, 1.807) is 29.6 Å². The van der Waals surface area contributed by atoms with Crippen molar-refractivity contribution < 1.29 is 18.0 Å². The van der Waals surface area contributed by atoms with Gasteiger partial charge in [-0.2, -0.15) is 13.2 Å². The van der Waals surface area contributed by atoms with Crippen molar-refractivity contribution in [2.75, 3.05) is 11.9 Å². The van der Waals surface area contributed by atoms with Gasteiger partial charge in [0.2, 0.25) is 0 Å². The summed E-state index contributed by atoms with van der Waals surface area (Å²) in [5, 5.41) is 4.04. The third-order valence-electron chi connectivity index (χ3n) is 2.07. The van der Waals surface area contributed by atoms with Gasteiger partial charge in [0.1, 0.15) is 6.54 Å². The third kappa shape index (κ3) is 5.24. The van der Waals surface area contributed by atoms with E-state index in [0.29, 0.717) is 5.69 Å². The second-order valence-electron chi connectivity index (χ2n) is 3.47. The van der Waals surface area contributed by atoms with E-state index in [1.165, 1.54) is 0 Å². The Kier molecular flexibility index (Phi) is 4.37. The smallest absolute Gasteiger partial charge is 0.329 e. The molecule has 0 fully saturated rings. The molecule has 1 aromatic carbocycles. The zero-order chi connectivity index (χ0) is 12.9. The summed E-state index contributed by atoms with van der Waals surface area (Å²) in [6.45, 7) is 0.643. The van der Waals surface area contributed by atoms with Gasteiger partial charge in [-0.3, -0.25) is 0 Å². The van der Waals surface area contributed by atoms with E-state index in [1.807, 2.05) is 6.92 Å². The number of aryl methyl sites for hydroxylation is 1. The second kappa shape index (κ2) is 5.56. The summed E-state index contributed by atoms with van der Waals surface area (Å²) in [7, 11) is 0. The number of nitrogens with one attached hydrogen (secondary N) is 2. The first-order chi connectivity index (χ1) is 7.90. The van der Waals surface area contributed by atoms with Crippen LogP contribution in [0, 0.1) is 0 Å². The Hall–Kier alpha value is -1.72.